The maximum absolute atomic E-state index is 13.9. The van der Waals surface area contributed by atoms with E-state index in [-0.39, 0.29) is 17.4 Å². The third-order valence-corrected chi connectivity index (χ3v) is 8.55. The van der Waals surface area contributed by atoms with Crippen molar-refractivity contribution in [1.82, 2.24) is 14.9 Å². The van der Waals surface area contributed by atoms with E-state index in [2.05, 4.69) is 10.0 Å². The fraction of sp³-hybridized carbons (Fsp3) is 0.448. The topological polar surface area (TPSA) is 122 Å². The molecule has 9 heteroatoms. The molecule has 8 nitrogen and oxygen atoms in total. The Kier molecular flexibility index (Phi) is 9.17. The summed E-state index contributed by atoms with van der Waals surface area (Å²) < 4.78 is 29.0. The summed E-state index contributed by atoms with van der Waals surface area (Å²) in [5, 5.41) is 2.86. The van der Waals surface area contributed by atoms with Gasteiger partial charge < -0.3 is 16.0 Å². The van der Waals surface area contributed by atoms with Gasteiger partial charge in [-0.15, -0.1) is 0 Å². The molecule has 0 saturated heterocycles. The van der Waals surface area contributed by atoms with E-state index in [1.54, 1.807) is 56.9 Å². The summed E-state index contributed by atoms with van der Waals surface area (Å²) in [4.78, 5) is 28.5. The molecule has 1 atom stereocenters. The van der Waals surface area contributed by atoms with E-state index in [0.29, 0.717) is 30.5 Å². The molecule has 0 bridgehead atoms. The van der Waals surface area contributed by atoms with Crippen molar-refractivity contribution < 1.29 is 18.0 Å². The molecule has 2 aromatic carbocycles. The zero-order chi connectivity index (χ0) is 28.1. The minimum Gasteiger partial charge on any atom is -0.343 e. The molecule has 0 radical (unpaired) electrons. The molecule has 38 heavy (non-hydrogen) atoms. The van der Waals surface area contributed by atoms with Crippen LogP contribution in [0.2, 0.25) is 0 Å². The molecule has 2 aromatic rings. The summed E-state index contributed by atoms with van der Waals surface area (Å²) in [6.07, 6.45) is 1.87. The van der Waals surface area contributed by atoms with Gasteiger partial charge >= 0.3 is 0 Å². The summed E-state index contributed by atoms with van der Waals surface area (Å²) in [5.41, 5.74) is 6.31. The van der Waals surface area contributed by atoms with Crippen LogP contribution >= 0.6 is 0 Å². The number of hydrogen-bond acceptors (Lipinski definition) is 5. The van der Waals surface area contributed by atoms with Crippen LogP contribution in [-0.4, -0.2) is 55.3 Å². The van der Waals surface area contributed by atoms with Gasteiger partial charge in [0.05, 0.1) is 16.0 Å². The van der Waals surface area contributed by atoms with Gasteiger partial charge in [0.2, 0.25) is 21.8 Å². The first kappa shape index (κ1) is 29.5. The Bertz CT molecular complexity index is 1270. The number of carbonyl (C=O) groups is 2. The van der Waals surface area contributed by atoms with Crippen molar-refractivity contribution in [3.05, 3.63) is 77.4 Å². The second-order valence-corrected chi connectivity index (χ2v) is 12.5. The van der Waals surface area contributed by atoms with E-state index < -0.39 is 33.1 Å². The Morgan fingerprint density at radius 3 is 2.18 bits per heavy atom. The quantitative estimate of drug-likeness (QED) is 0.404. The normalized spacial score (nSPS) is 17.2. The number of nitrogens with two attached hydrogens (primary N) is 1. The lowest BCUT2D eigenvalue weighted by Gasteiger charge is -2.32. The number of aryl methyl sites for hydroxylation is 1. The van der Waals surface area contributed by atoms with Crippen LogP contribution in [0.3, 0.4) is 0 Å². The van der Waals surface area contributed by atoms with Gasteiger partial charge in [0.1, 0.15) is 6.04 Å². The average molecular weight is 541 g/mol. The number of hydrogen-bond donors (Lipinski definition) is 3. The highest BCUT2D eigenvalue weighted by Crippen LogP contribution is 2.38. The molecule has 0 aromatic heterocycles. The zero-order valence-corrected chi connectivity index (χ0v) is 23.8. The van der Waals surface area contributed by atoms with Gasteiger partial charge in [-0.3, -0.25) is 9.59 Å². The highest BCUT2D eigenvalue weighted by molar-refractivity contribution is 7.99. The standard InChI is InChI=1S/C29H40N4O4S/c1-6-33(20-23-25(22-17-11-8-12-18-22)38(36,37)32-29(23,4)5)26(34)24(31-27(35)28(2,3)30)19-13-16-21-14-9-7-10-15-21/h7-12,14-15,17-18,24,32H,6,13,16,19-20,30H2,1-5H3,(H,31,35)/t24-/m1/s1. The molecule has 0 saturated carbocycles. The first-order valence-electron chi connectivity index (χ1n) is 13.0. The molecule has 2 amide bonds. The van der Waals surface area contributed by atoms with Crippen molar-refractivity contribution in [3.63, 3.8) is 0 Å². The molecule has 0 unspecified atom stereocenters. The number of likely N-dealkylation sites (N-methyl/N-ethyl adjacent to an activating group) is 1. The smallest absolute Gasteiger partial charge is 0.245 e. The fourth-order valence-corrected chi connectivity index (χ4v) is 6.58. The lowest BCUT2D eigenvalue weighted by molar-refractivity contribution is -0.137. The van der Waals surface area contributed by atoms with Crippen molar-refractivity contribution in [3.8, 4) is 0 Å². The van der Waals surface area contributed by atoms with E-state index in [1.165, 1.54) is 0 Å². The minimum atomic E-state index is -3.77. The van der Waals surface area contributed by atoms with Crippen molar-refractivity contribution in [2.75, 3.05) is 13.1 Å². The van der Waals surface area contributed by atoms with E-state index >= 15 is 0 Å². The van der Waals surface area contributed by atoms with Crippen molar-refractivity contribution in [2.24, 2.45) is 5.73 Å². The number of rotatable bonds is 11. The zero-order valence-electron chi connectivity index (χ0n) is 23.0. The van der Waals surface area contributed by atoms with Crippen molar-refractivity contribution in [1.29, 1.82) is 0 Å². The number of benzene rings is 2. The third-order valence-electron chi connectivity index (χ3n) is 6.75. The van der Waals surface area contributed by atoms with Gasteiger partial charge in [-0.2, -0.15) is 0 Å². The fourth-order valence-electron chi connectivity index (χ4n) is 4.60. The SMILES string of the molecule is CCN(CC1=C(c2ccccc2)S(=O)(=O)NC1(C)C)C(=O)[C@@H](CCCc1ccccc1)NC(=O)C(C)(C)N. The van der Waals surface area contributed by atoms with Crippen LogP contribution < -0.4 is 15.8 Å². The van der Waals surface area contributed by atoms with E-state index in [1.807, 2.05) is 43.3 Å². The van der Waals surface area contributed by atoms with Crippen LogP contribution in [0.1, 0.15) is 58.6 Å². The molecule has 4 N–H and O–H groups in total. The predicted molar refractivity (Wildman–Crippen MR) is 151 cm³/mol. The van der Waals surface area contributed by atoms with Gasteiger partial charge in [0, 0.05) is 13.1 Å². The molecule has 1 aliphatic rings. The molecule has 1 aliphatic heterocycles. The van der Waals surface area contributed by atoms with Crippen molar-refractivity contribution >= 4 is 26.7 Å². The summed E-state index contributed by atoms with van der Waals surface area (Å²) in [7, 11) is -3.77. The summed E-state index contributed by atoms with van der Waals surface area (Å²) in [6.45, 7) is 9.09. The number of carbonyl (C=O) groups excluding carboxylic acids is 2. The van der Waals surface area contributed by atoms with Crippen LogP contribution in [0.15, 0.2) is 66.2 Å². The van der Waals surface area contributed by atoms with Crippen LogP contribution in [0, 0.1) is 0 Å². The first-order chi connectivity index (χ1) is 17.8. The number of sulfonamides is 1. The maximum Gasteiger partial charge on any atom is 0.245 e. The van der Waals surface area contributed by atoms with Crippen LogP contribution in [0.25, 0.3) is 4.91 Å². The summed E-state index contributed by atoms with van der Waals surface area (Å²) >= 11 is 0. The monoisotopic (exact) mass is 540 g/mol. The molecule has 3 rings (SSSR count). The maximum atomic E-state index is 13.9. The Morgan fingerprint density at radius 2 is 1.63 bits per heavy atom. The Labute approximate surface area is 226 Å². The lowest BCUT2D eigenvalue weighted by atomic mass is 9.92. The Morgan fingerprint density at radius 1 is 1.05 bits per heavy atom. The second-order valence-electron chi connectivity index (χ2n) is 10.9. The molecule has 0 fully saturated rings. The van der Waals surface area contributed by atoms with E-state index in [4.69, 9.17) is 5.73 Å². The van der Waals surface area contributed by atoms with Gasteiger partial charge in [-0.25, -0.2) is 13.1 Å². The highest BCUT2D eigenvalue weighted by atomic mass is 32.2. The molecular weight excluding hydrogens is 500 g/mol. The molecular formula is C29H40N4O4S. The third kappa shape index (κ3) is 7.09. The number of amides is 2. The van der Waals surface area contributed by atoms with Gasteiger partial charge in [0.15, 0.2) is 0 Å². The molecule has 0 aliphatic carbocycles. The van der Waals surface area contributed by atoms with Gasteiger partial charge in [0.25, 0.3) is 0 Å². The number of nitrogens with one attached hydrogen (secondary N) is 2. The Balaban J connectivity index is 1.91. The van der Waals surface area contributed by atoms with Gasteiger partial charge in [-0.1, -0.05) is 60.7 Å². The lowest BCUT2D eigenvalue weighted by Crippen LogP contribution is -2.56. The average Bonchev–Trinajstić information content (AvgIpc) is 3.04. The second kappa shape index (κ2) is 11.8. The predicted octanol–water partition coefficient (Wildman–Crippen LogP) is 3.20. The molecule has 1 heterocycles. The summed E-state index contributed by atoms with van der Waals surface area (Å²) in [5.74, 6) is -0.681. The summed E-state index contributed by atoms with van der Waals surface area (Å²) in [6, 6.07) is 18.1. The minimum absolute atomic E-state index is 0.107. The van der Waals surface area contributed by atoms with Crippen LogP contribution in [0.5, 0.6) is 0 Å². The van der Waals surface area contributed by atoms with E-state index in [0.717, 1.165) is 12.0 Å². The Hall–Kier alpha value is -3.01. The number of nitrogens with zero attached hydrogens (tertiary/aromatic N) is 1. The van der Waals surface area contributed by atoms with Crippen molar-refractivity contribution in [2.45, 2.75) is 71.0 Å². The van der Waals surface area contributed by atoms with E-state index in [9.17, 15) is 18.0 Å². The van der Waals surface area contributed by atoms with Crippen LogP contribution in [0.4, 0.5) is 0 Å². The molecule has 206 valence electrons. The van der Waals surface area contributed by atoms with Gasteiger partial charge in [-0.05, 0) is 70.6 Å². The largest absolute Gasteiger partial charge is 0.343 e. The van der Waals surface area contributed by atoms with Crippen LogP contribution in [-0.2, 0) is 26.0 Å². The molecule has 0 spiro atoms. The highest BCUT2D eigenvalue weighted by Gasteiger charge is 2.44. The first-order valence-corrected chi connectivity index (χ1v) is 14.5.